The number of piperidine rings is 1. The van der Waals surface area contributed by atoms with Crippen LogP contribution in [0.4, 0.5) is 5.69 Å². The molecule has 0 amide bonds. The van der Waals surface area contributed by atoms with Crippen LogP contribution in [0.15, 0.2) is 29.2 Å². The van der Waals surface area contributed by atoms with E-state index in [1.807, 2.05) is 7.05 Å². The first-order valence-corrected chi connectivity index (χ1v) is 8.97. The van der Waals surface area contributed by atoms with E-state index in [1.54, 1.807) is 28.6 Å². The van der Waals surface area contributed by atoms with Gasteiger partial charge in [0.05, 0.1) is 4.90 Å². The molecule has 1 saturated heterocycles. The Bertz CT molecular complexity index is 565. The van der Waals surface area contributed by atoms with E-state index < -0.39 is 10.0 Å². The van der Waals surface area contributed by atoms with Gasteiger partial charge in [0.25, 0.3) is 0 Å². The van der Waals surface area contributed by atoms with Crippen LogP contribution in [0.25, 0.3) is 0 Å². The summed E-state index contributed by atoms with van der Waals surface area (Å²) in [4.78, 5) is 0.385. The van der Waals surface area contributed by atoms with E-state index >= 15 is 0 Å². The van der Waals surface area contributed by atoms with E-state index in [4.69, 9.17) is 0 Å². The number of hydrogen-bond donors (Lipinski definition) is 1. The first kappa shape index (κ1) is 16.3. The van der Waals surface area contributed by atoms with E-state index in [2.05, 4.69) is 26.1 Å². The van der Waals surface area contributed by atoms with Crippen molar-refractivity contribution in [3.63, 3.8) is 0 Å². The van der Waals surface area contributed by atoms with Crippen molar-refractivity contribution >= 4 is 15.7 Å². The molecule has 1 aliphatic heterocycles. The molecule has 21 heavy (non-hydrogen) atoms. The molecule has 1 N–H and O–H groups in total. The van der Waals surface area contributed by atoms with E-state index in [-0.39, 0.29) is 5.41 Å². The van der Waals surface area contributed by atoms with Crippen LogP contribution < -0.4 is 5.32 Å². The molecule has 1 fully saturated rings. The van der Waals surface area contributed by atoms with Gasteiger partial charge < -0.3 is 5.32 Å². The van der Waals surface area contributed by atoms with Gasteiger partial charge in [-0.05, 0) is 48.4 Å². The second-order valence-corrected chi connectivity index (χ2v) is 8.76. The van der Waals surface area contributed by atoms with Crippen molar-refractivity contribution in [2.75, 3.05) is 25.5 Å². The van der Waals surface area contributed by atoms with Gasteiger partial charge in [-0.15, -0.1) is 0 Å². The van der Waals surface area contributed by atoms with Gasteiger partial charge in [-0.1, -0.05) is 20.8 Å². The average Bonchev–Trinajstić information content (AvgIpc) is 2.46. The molecule has 5 heteroatoms. The summed E-state index contributed by atoms with van der Waals surface area (Å²) >= 11 is 0. The fourth-order valence-corrected chi connectivity index (χ4v) is 4.37. The molecule has 0 spiro atoms. The lowest BCUT2D eigenvalue weighted by Crippen LogP contribution is -2.41. The van der Waals surface area contributed by atoms with Crippen molar-refractivity contribution in [3.05, 3.63) is 24.3 Å². The van der Waals surface area contributed by atoms with Gasteiger partial charge in [-0.2, -0.15) is 4.31 Å². The van der Waals surface area contributed by atoms with Crippen molar-refractivity contribution in [1.82, 2.24) is 4.31 Å². The SMILES string of the molecule is CNc1ccc(S(=O)(=O)N2CCC(C(C)(C)C)CC2)cc1. The summed E-state index contributed by atoms with van der Waals surface area (Å²) in [6, 6.07) is 6.96. The zero-order valence-corrected chi connectivity index (χ0v) is 14.2. The minimum atomic E-state index is -3.35. The molecule has 1 aliphatic rings. The predicted octanol–water partition coefficient (Wildman–Crippen LogP) is 3.18. The predicted molar refractivity (Wildman–Crippen MR) is 86.9 cm³/mol. The molecule has 2 rings (SSSR count). The van der Waals surface area contributed by atoms with E-state index in [1.165, 1.54) is 0 Å². The normalized spacial score (nSPS) is 18.7. The van der Waals surface area contributed by atoms with Crippen molar-refractivity contribution in [3.8, 4) is 0 Å². The number of rotatable bonds is 3. The highest BCUT2D eigenvalue weighted by Gasteiger charge is 2.33. The third kappa shape index (κ3) is 3.58. The van der Waals surface area contributed by atoms with Gasteiger partial charge in [0.1, 0.15) is 0 Å². The van der Waals surface area contributed by atoms with Gasteiger partial charge in [0, 0.05) is 25.8 Å². The number of anilines is 1. The molecule has 4 nitrogen and oxygen atoms in total. The van der Waals surface area contributed by atoms with Crippen LogP contribution >= 0.6 is 0 Å². The average molecular weight is 310 g/mol. The summed E-state index contributed by atoms with van der Waals surface area (Å²) in [5, 5.41) is 3.00. The fourth-order valence-electron chi connectivity index (χ4n) is 2.90. The zero-order chi connectivity index (χ0) is 15.7. The Hall–Kier alpha value is -1.07. The van der Waals surface area contributed by atoms with Crippen LogP contribution in [0.3, 0.4) is 0 Å². The highest BCUT2D eigenvalue weighted by atomic mass is 32.2. The molecule has 118 valence electrons. The van der Waals surface area contributed by atoms with Crippen molar-refractivity contribution in [1.29, 1.82) is 0 Å². The molecule has 1 aromatic carbocycles. The topological polar surface area (TPSA) is 49.4 Å². The zero-order valence-electron chi connectivity index (χ0n) is 13.4. The number of sulfonamides is 1. The van der Waals surface area contributed by atoms with Crippen LogP contribution in [0.2, 0.25) is 0 Å². The van der Waals surface area contributed by atoms with Crippen molar-refractivity contribution in [2.45, 2.75) is 38.5 Å². The minimum absolute atomic E-state index is 0.254. The lowest BCUT2D eigenvalue weighted by Gasteiger charge is -2.38. The number of nitrogens with one attached hydrogen (secondary N) is 1. The maximum Gasteiger partial charge on any atom is 0.243 e. The Morgan fingerprint density at radius 3 is 2.05 bits per heavy atom. The summed E-state index contributed by atoms with van der Waals surface area (Å²) in [6.07, 6.45) is 1.88. The Kier molecular flexibility index (Phi) is 4.63. The van der Waals surface area contributed by atoms with Gasteiger partial charge in [-0.25, -0.2) is 8.42 Å². The first-order chi connectivity index (χ1) is 9.75. The molecule has 0 aliphatic carbocycles. The Morgan fingerprint density at radius 1 is 1.10 bits per heavy atom. The van der Waals surface area contributed by atoms with Crippen LogP contribution in [-0.2, 0) is 10.0 Å². The van der Waals surface area contributed by atoms with E-state index in [9.17, 15) is 8.42 Å². The second-order valence-electron chi connectivity index (χ2n) is 6.82. The summed E-state index contributed by atoms with van der Waals surface area (Å²) in [5.41, 5.74) is 1.17. The maximum atomic E-state index is 12.6. The fraction of sp³-hybridized carbons (Fsp3) is 0.625. The van der Waals surface area contributed by atoms with Crippen molar-refractivity contribution < 1.29 is 8.42 Å². The van der Waals surface area contributed by atoms with Gasteiger partial charge in [0.2, 0.25) is 10.0 Å². The highest BCUT2D eigenvalue weighted by molar-refractivity contribution is 7.89. The number of benzene rings is 1. The summed E-state index contributed by atoms with van der Waals surface area (Å²) in [5.74, 6) is 0.593. The maximum absolute atomic E-state index is 12.6. The Morgan fingerprint density at radius 2 is 1.62 bits per heavy atom. The Balaban J connectivity index is 2.11. The quantitative estimate of drug-likeness (QED) is 0.933. The molecule has 0 aromatic heterocycles. The number of nitrogens with zero attached hydrogens (tertiary/aromatic N) is 1. The molecular formula is C16H26N2O2S. The van der Waals surface area contributed by atoms with Crippen LogP contribution in [0.5, 0.6) is 0 Å². The first-order valence-electron chi connectivity index (χ1n) is 7.53. The summed E-state index contributed by atoms with van der Waals surface area (Å²) < 4.78 is 26.9. The molecule has 0 atom stereocenters. The molecule has 0 unspecified atom stereocenters. The summed E-state index contributed by atoms with van der Waals surface area (Å²) in [6.45, 7) is 7.95. The molecule has 1 aromatic rings. The van der Waals surface area contributed by atoms with E-state index in [0.717, 1.165) is 18.5 Å². The number of hydrogen-bond acceptors (Lipinski definition) is 3. The highest BCUT2D eigenvalue weighted by Crippen LogP contribution is 2.35. The second kappa shape index (κ2) is 5.97. The monoisotopic (exact) mass is 310 g/mol. The van der Waals surface area contributed by atoms with Gasteiger partial charge in [0.15, 0.2) is 0 Å². The third-order valence-corrected chi connectivity index (χ3v) is 6.37. The third-order valence-electron chi connectivity index (χ3n) is 4.46. The van der Waals surface area contributed by atoms with Crippen LogP contribution in [0, 0.1) is 11.3 Å². The summed E-state index contributed by atoms with van der Waals surface area (Å²) in [7, 11) is -1.53. The van der Waals surface area contributed by atoms with Crippen LogP contribution in [0.1, 0.15) is 33.6 Å². The lowest BCUT2D eigenvalue weighted by atomic mass is 9.76. The molecule has 0 bridgehead atoms. The van der Waals surface area contributed by atoms with Crippen molar-refractivity contribution in [2.24, 2.45) is 11.3 Å². The van der Waals surface area contributed by atoms with Gasteiger partial charge in [-0.3, -0.25) is 0 Å². The molecule has 1 heterocycles. The largest absolute Gasteiger partial charge is 0.388 e. The van der Waals surface area contributed by atoms with Gasteiger partial charge >= 0.3 is 0 Å². The standard InChI is InChI=1S/C16H26N2O2S/c1-16(2,3)13-9-11-18(12-10-13)21(19,20)15-7-5-14(17-4)6-8-15/h5-8,13,17H,9-12H2,1-4H3. The van der Waals surface area contributed by atoms with Crippen LogP contribution in [-0.4, -0.2) is 32.9 Å². The minimum Gasteiger partial charge on any atom is -0.388 e. The lowest BCUT2D eigenvalue weighted by molar-refractivity contribution is 0.154. The van der Waals surface area contributed by atoms with E-state index in [0.29, 0.717) is 23.9 Å². The molecular weight excluding hydrogens is 284 g/mol. The Labute approximate surface area is 128 Å². The molecule has 0 saturated carbocycles. The smallest absolute Gasteiger partial charge is 0.243 e. The molecule has 0 radical (unpaired) electrons.